The number of ether oxygens (including phenoxy) is 1. The first kappa shape index (κ1) is 15.3. The lowest BCUT2D eigenvalue weighted by molar-refractivity contribution is -0.0995. The van der Waals surface area contributed by atoms with Crippen LogP contribution in [0.4, 0.5) is 0 Å². The van der Waals surface area contributed by atoms with E-state index in [4.69, 9.17) is 4.74 Å². The van der Waals surface area contributed by atoms with E-state index >= 15 is 0 Å². The van der Waals surface area contributed by atoms with Crippen molar-refractivity contribution in [3.63, 3.8) is 0 Å². The molecular formula is C16H32N2O. The number of hydrogen-bond donors (Lipinski definition) is 1. The van der Waals surface area contributed by atoms with Crippen LogP contribution in [0.5, 0.6) is 0 Å². The highest BCUT2D eigenvalue weighted by molar-refractivity contribution is 4.88. The zero-order valence-corrected chi connectivity index (χ0v) is 13.1. The summed E-state index contributed by atoms with van der Waals surface area (Å²) < 4.78 is 5.97. The van der Waals surface area contributed by atoms with Crippen molar-refractivity contribution < 1.29 is 4.74 Å². The lowest BCUT2D eigenvalue weighted by atomic mass is 9.87. The molecule has 0 spiro atoms. The fraction of sp³-hybridized carbons (Fsp3) is 1.00. The number of nitrogens with zero attached hydrogens (tertiary/aromatic N) is 1. The van der Waals surface area contributed by atoms with Crippen molar-refractivity contribution in [3.05, 3.63) is 0 Å². The van der Waals surface area contributed by atoms with Gasteiger partial charge in [-0.2, -0.15) is 0 Å². The Labute approximate surface area is 119 Å². The highest BCUT2D eigenvalue weighted by Gasteiger charge is 2.35. The standard InChI is InChI=1S/C16H32N2O/c1-4-16(3)12-15(8-11-19-16)18-9-6-14(7-10-18)13-17-5-2/h14-15,17H,4-13H2,1-3H3. The zero-order chi connectivity index (χ0) is 13.7. The fourth-order valence-electron chi connectivity index (χ4n) is 3.53. The van der Waals surface area contributed by atoms with Crippen LogP contribution in [0.1, 0.15) is 52.9 Å². The van der Waals surface area contributed by atoms with Crippen LogP contribution >= 0.6 is 0 Å². The molecule has 1 N–H and O–H groups in total. The van der Waals surface area contributed by atoms with E-state index in [1.807, 2.05) is 0 Å². The third-order valence-electron chi connectivity index (χ3n) is 5.17. The molecule has 2 heterocycles. The Kier molecular flexibility index (Phi) is 5.67. The van der Waals surface area contributed by atoms with Gasteiger partial charge in [-0.15, -0.1) is 0 Å². The number of nitrogens with one attached hydrogen (secondary N) is 1. The summed E-state index contributed by atoms with van der Waals surface area (Å²) in [5.74, 6) is 0.897. The first-order valence-electron chi connectivity index (χ1n) is 8.25. The van der Waals surface area contributed by atoms with E-state index in [2.05, 4.69) is 31.0 Å². The molecule has 19 heavy (non-hydrogen) atoms. The molecule has 2 fully saturated rings. The lowest BCUT2D eigenvalue weighted by Crippen LogP contribution is -2.50. The van der Waals surface area contributed by atoms with Gasteiger partial charge in [0.15, 0.2) is 0 Å². The molecule has 112 valence electrons. The van der Waals surface area contributed by atoms with Crippen LogP contribution in [-0.2, 0) is 4.74 Å². The van der Waals surface area contributed by atoms with Crippen LogP contribution in [0.15, 0.2) is 0 Å². The molecule has 2 saturated heterocycles. The third kappa shape index (κ3) is 4.17. The van der Waals surface area contributed by atoms with Gasteiger partial charge < -0.3 is 15.0 Å². The van der Waals surface area contributed by atoms with E-state index in [1.165, 1.54) is 45.3 Å². The Morgan fingerprint density at radius 1 is 1.21 bits per heavy atom. The van der Waals surface area contributed by atoms with Crippen LogP contribution < -0.4 is 5.32 Å². The Hall–Kier alpha value is -0.120. The maximum atomic E-state index is 5.97. The highest BCUT2D eigenvalue weighted by atomic mass is 16.5. The Balaban J connectivity index is 1.77. The van der Waals surface area contributed by atoms with Gasteiger partial charge in [-0.3, -0.25) is 0 Å². The molecule has 3 heteroatoms. The van der Waals surface area contributed by atoms with Crippen molar-refractivity contribution in [2.45, 2.75) is 64.5 Å². The van der Waals surface area contributed by atoms with Gasteiger partial charge in [-0.1, -0.05) is 13.8 Å². The second kappa shape index (κ2) is 7.05. The van der Waals surface area contributed by atoms with E-state index in [0.717, 1.165) is 31.5 Å². The molecule has 0 bridgehead atoms. The molecule has 2 atom stereocenters. The fourth-order valence-corrected chi connectivity index (χ4v) is 3.53. The van der Waals surface area contributed by atoms with Crippen molar-refractivity contribution in [2.75, 3.05) is 32.8 Å². The average molecular weight is 268 g/mol. The predicted octanol–water partition coefficient (Wildman–Crippen LogP) is 2.66. The van der Waals surface area contributed by atoms with Gasteiger partial charge in [0, 0.05) is 12.6 Å². The van der Waals surface area contributed by atoms with Gasteiger partial charge in [-0.05, 0) is 71.1 Å². The molecule has 0 amide bonds. The topological polar surface area (TPSA) is 24.5 Å². The first-order chi connectivity index (χ1) is 9.17. The van der Waals surface area contributed by atoms with E-state index < -0.39 is 0 Å². The van der Waals surface area contributed by atoms with Gasteiger partial charge in [0.25, 0.3) is 0 Å². The summed E-state index contributed by atoms with van der Waals surface area (Å²) in [5, 5.41) is 3.50. The summed E-state index contributed by atoms with van der Waals surface area (Å²) in [5.41, 5.74) is 0.129. The van der Waals surface area contributed by atoms with Crippen molar-refractivity contribution in [1.82, 2.24) is 10.2 Å². The van der Waals surface area contributed by atoms with E-state index in [9.17, 15) is 0 Å². The normalized spacial score (nSPS) is 34.6. The zero-order valence-electron chi connectivity index (χ0n) is 13.1. The lowest BCUT2D eigenvalue weighted by Gasteiger charge is -2.45. The van der Waals surface area contributed by atoms with Crippen LogP contribution in [-0.4, -0.2) is 49.3 Å². The van der Waals surface area contributed by atoms with E-state index in [1.54, 1.807) is 0 Å². The Morgan fingerprint density at radius 2 is 1.95 bits per heavy atom. The monoisotopic (exact) mass is 268 g/mol. The molecule has 0 aromatic heterocycles. The molecule has 2 rings (SSSR count). The van der Waals surface area contributed by atoms with Gasteiger partial charge in [0.1, 0.15) is 0 Å². The minimum absolute atomic E-state index is 0.129. The minimum atomic E-state index is 0.129. The Morgan fingerprint density at radius 3 is 2.58 bits per heavy atom. The molecule has 2 unspecified atom stereocenters. The molecule has 0 aliphatic carbocycles. The largest absolute Gasteiger partial charge is 0.375 e. The Bertz CT molecular complexity index is 263. The quantitative estimate of drug-likeness (QED) is 0.829. The average Bonchev–Trinajstić information content (AvgIpc) is 2.46. The number of likely N-dealkylation sites (tertiary alicyclic amines) is 1. The summed E-state index contributed by atoms with van der Waals surface area (Å²) in [6.07, 6.45) is 6.33. The maximum Gasteiger partial charge on any atom is 0.0666 e. The summed E-state index contributed by atoms with van der Waals surface area (Å²) in [6, 6.07) is 0.763. The van der Waals surface area contributed by atoms with Gasteiger partial charge in [0.2, 0.25) is 0 Å². The molecule has 0 aromatic rings. The molecule has 3 nitrogen and oxygen atoms in total. The summed E-state index contributed by atoms with van der Waals surface area (Å²) in [6.45, 7) is 12.6. The second-order valence-corrected chi connectivity index (χ2v) is 6.59. The van der Waals surface area contributed by atoms with E-state index in [0.29, 0.717) is 0 Å². The van der Waals surface area contributed by atoms with Gasteiger partial charge in [0.05, 0.1) is 5.60 Å². The van der Waals surface area contributed by atoms with Gasteiger partial charge >= 0.3 is 0 Å². The molecule has 0 aromatic carbocycles. The molecule has 0 radical (unpaired) electrons. The van der Waals surface area contributed by atoms with Crippen LogP contribution in [0.2, 0.25) is 0 Å². The van der Waals surface area contributed by atoms with E-state index in [-0.39, 0.29) is 5.60 Å². The van der Waals surface area contributed by atoms with Gasteiger partial charge in [-0.25, -0.2) is 0 Å². The SMILES string of the molecule is CCNCC1CCN(C2CCOC(C)(CC)C2)CC1. The van der Waals surface area contributed by atoms with Crippen LogP contribution in [0.3, 0.4) is 0 Å². The second-order valence-electron chi connectivity index (χ2n) is 6.59. The maximum absolute atomic E-state index is 5.97. The molecule has 2 aliphatic rings. The minimum Gasteiger partial charge on any atom is -0.375 e. The number of hydrogen-bond acceptors (Lipinski definition) is 3. The number of piperidine rings is 1. The third-order valence-corrected chi connectivity index (χ3v) is 5.17. The van der Waals surface area contributed by atoms with Crippen molar-refractivity contribution in [2.24, 2.45) is 5.92 Å². The summed E-state index contributed by atoms with van der Waals surface area (Å²) in [4.78, 5) is 2.73. The highest BCUT2D eigenvalue weighted by Crippen LogP contribution is 2.32. The van der Waals surface area contributed by atoms with Crippen LogP contribution in [0, 0.1) is 5.92 Å². The first-order valence-corrected chi connectivity index (χ1v) is 8.25. The van der Waals surface area contributed by atoms with Crippen molar-refractivity contribution in [1.29, 1.82) is 0 Å². The molecule has 2 aliphatic heterocycles. The molecular weight excluding hydrogens is 236 g/mol. The van der Waals surface area contributed by atoms with Crippen molar-refractivity contribution in [3.8, 4) is 0 Å². The smallest absolute Gasteiger partial charge is 0.0666 e. The van der Waals surface area contributed by atoms with Crippen LogP contribution in [0.25, 0.3) is 0 Å². The number of rotatable bonds is 5. The predicted molar refractivity (Wildman–Crippen MR) is 80.5 cm³/mol. The summed E-state index contributed by atoms with van der Waals surface area (Å²) >= 11 is 0. The van der Waals surface area contributed by atoms with Crippen molar-refractivity contribution >= 4 is 0 Å². The molecule has 0 saturated carbocycles. The summed E-state index contributed by atoms with van der Waals surface area (Å²) in [7, 11) is 0.